The fourth-order valence-electron chi connectivity index (χ4n) is 2.95. The van der Waals surface area contributed by atoms with Crippen LogP contribution in [0.25, 0.3) is 0 Å². The predicted molar refractivity (Wildman–Crippen MR) is 120 cm³/mol. The van der Waals surface area contributed by atoms with E-state index < -0.39 is 5.97 Å². The zero-order chi connectivity index (χ0) is 21.6. The SMILES string of the molecule is CCCCCCC#Cc1ccc(CN(CCc2cccc(Cl)c2)OC(=O)C=O)cc1. The molecule has 0 spiro atoms. The molecule has 0 aliphatic carbocycles. The van der Waals surface area contributed by atoms with Crippen LogP contribution in [0.4, 0.5) is 0 Å². The van der Waals surface area contributed by atoms with Crippen LogP contribution in [0, 0.1) is 11.8 Å². The average molecular weight is 426 g/mol. The van der Waals surface area contributed by atoms with E-state index in [1.54, 1.807) is 0 Å². The van der Waals surface area contributed by atoms with E-state index in [1.165, 1.54) is 24.3 Å². The van der Waals surface area contributed by atoms with Crippen LogP contribution in [0.15, 0.2) is 48.5 Å². The van der Waals surface area contributed by atoms with Crippen LogP contribution in [0.1, 0.15) is 55.7 Å². The molecule has 0 radical (unpaired) electrons. The fraction of sp³-hybridized carbons (Fsp3) is 0.360. The van der Waals surface area contributed by atoms with Crippen molar-refractivity contribution in [1.29, 1.82) is 0 Å². The van der Waals surface area contributed by atoms with E-state index in [2.05, 4.69) is 18.8 Å². The van der Waals surface area contributed by atoms with Crippen molar-refractivity contribution in [3.63, 3.8) is 0 Å². The van der Waals surface area contributed by atoms with Gasteiger partial charge in [0.25, 0.3) is 0 Å². The molecule has 2 aromatic carbocycles. The molecule has 0 aromatic heterocycles. The van der Waals surface area contributed by atoms with Crippen LogP contribution < -0.4 is 0 Å². The van der Waals surface area contributed by atoms with Crippen molar-refractivity contribution >= 4 is 23.9 Å². The topological polar surface area (TPSA) is 46.6 Å². The molecule has 0 aliphatic rings. The Balaban J connectivity index is 1.93. The summed E-state index contributed by atoms with van der Waals surface area (Å²) in [5.74, 6) is 5.50. The molecule has 0 saturated heterocycles. The molecule has 0 fully saturated rings. The maximum Gasteiger partial charge on any atom is 0.390 e. The third kappa shape index (κ3) is 9.26. The fourth-order valence-corrected chi connectivity index (χ4v) is 3.17. The van der Waals surface area contributed by atoms with E-state index in [0.717, 1.165) is 29.5 Å². The Labute approximate surface area is 184 Å². The van der Waals surface area contributed by atoms with Crippen LogP contribution in [0.5, 0.6) is 0 Å². The summed E-state index contributed by atoms with van der Waals surface area (Å²) in [4.78, 5) is 27.3. The largest absolute Gasteiger partial charge is 0.390 e. The minimum Gasteiger partial charge on any atom is -0.362 e. The van der Waals surface area contributed by atoms with Crippen molar-refractivity contribution < 1.29 is 14.4 Å². The highest BCUT2D eigenvalue weighted by Crippen LogP contribution is 2.13. The standard InChI is InChI=1S/C25H28ClNO3/c1-2-3-4-5-6-7-9-21-12-14-23(15-13-21)19-27(30-25(29)20-28)17-16-22-10-8-11-24(26)18-22/h8,10-15,18,20H,2-6,16-17,19H2,1H3. The van der Waals surface area contributed by atoms with Gasteiger partial charge in [-0.25, -0.2) is 4.79 Å². The Morgan fingerprint density at radius 2 is 1.90 bits per heavy atom. The molecule has 5 heteroatoms. The van der Waals surface area contributed by atoms with Crippen LogP contribution in [0.3, 0.4) is 0 Å². The number of benzene rings is 2. The molecule has 0 heterocycles. The number of rotatable bonds is 11. The molecular weight excluding hydrogens is 398 g/mol. The van der Waals surface area contributed by atoms with Gasteiger partial charge in [-0.05, 0) is 48.2 Å². The highest BCUT2D eigenvalue weighted by atomic mass is 35.5. The summed E-state index contributed by atoms with van der Waals surface area (Å²) in [5, 5.41) is 2.15. The molecule has 0 aliphatic heterocycles. The van der Waals surface area contributed by atoms with Crippen LogP contribution in [-0.2, 0) is 27.4 Å². The average Bonchev–Trinajstić information content (AvgIpc) is 2.75. The molecule has 4 nitrogen and oxygen atoms in total. The summed E-state index contributed by atoms with van der Waals surface area (Å²) in [7, 11) is 0. The van der Waals surface area contributed by atoms with E-state index >= 15 is 0 Å². The summed E-state index contributed by atoms with van der Waals surface area (Å²) < 4.78 is 0. The molecule has 0 bridgehead atoms. The molecule has 2 aromatic rings. The van der Waals surface area contributed by atoms with Crippen molar-refractivity contribution in [3.8, 4) is 11.8 Å². The number of unbranched alkanes of at least 4 members (excludes halogenated alkanes) is 4. The number of carbonyl (C=O) groups excluding carboxylic acids is 2. The lowest BCUT2D eigenvalue weighted by Gasteiger charge is -2.20. The van der Waals surface area contributed by atoms with Gasteiger partial charge in [-0.2, -0.15) is 0 Å². The maximum atomic E-state index is 11.5. The molecule has 0 atom stereocenters. The number of nitrogens with zero attached hydrogens (tertiary/aromatic N) is 1. The Bertz CT molecular complexity index is 868. The smallest absolute Gasteiger partial charge is 0.362 e. The first-order valence-corrected chi connectivity index (χ1v) is 10.7. The second-order valence-corrected chi connectivity index (χ2v) is 7.52. The van der Waals surface area contributed by atoms with Crippen LogP contribution in [-0.4, -0.2) is 23.9 Å². The quantitative estimate of drug-likeness (QED) is 0.160. The van der Waals surface area contributed by atoms with Gasteiger partial charge in [0.1, 0.15) is 0 Å². The van der Waals surface area contributed by atoms with Crippen molar-refractivity contribution in [2.75, 3.05) is 6.54 Å². The Morgan fingerprint density at radius 1 is 1.10 bits per heavy atom. The predicted octanol–water partition coefficient (Wildman–Crippen LogP) is 5.36. The van der Waals surface area contributed by atoms with Gasteiger partial charge in [-0.3, -0.25) is 4.79 Å². The maximum absolute atomic E-state index is 11.5. The second kappa shape index (κ2) is 13.6. The lowest BCUT2D eigenvalue weighted by Crippen LogP contribution is -2.29. The Kier molecular flexibility index (Phi) is 10.7. The normalized spacial score (nSPS) is 10.4. The van der Waals surface area contributed by atoms with Crippen molar-refractivity contribution in [1.82, 2.24) is 5.06 Å². The highest BCUT2D eigenvalue weighted by Gasteiger charge is 2.12. The van der Waals surface area contributed by atoms with Crippen molar-refractivity contribution in [2.45, 2.75) is 52.0 Å². The summed E-state index contributed by atoms with van der Waals surface area (Å²) in [5.41, 5.74) is 2.96. The summed E-state index contributed by atoms with van der Waals surface area (Å²) >= 11 is 6.02. The molecule has 2 rings (SSSR count). The van der Waals surface area contributed by atoms with Gasteiger partial charge in [0, 0.05) is 23.6 Å². The van der Waals surface area contributed by atoms with Crippen LogP contribution >= 0.6 is 11.6 Å². The van der Waals surface area contributed by atoms with Gasteiger partial charge in [-0.1, -0.05) is 73.9 Å². The van der Waals surface area contributed by atoms with Gasteiger partial charge in [0.05, 0.1) is 6.54 Å². The lowest BCUT2D eigenvalue weighted by molar-refractivity contribution is -0.191. The summed E-state index contributed by atoms with van der Waals surface area (Å²) in [6.07, 6.45) is 6.59. The molecule has 30 heavy (non-hydrogen) atoms. The monoisotopic (exact) mass is 425 g/mol. The molecule has 0 unspecified atom stereocenters. The Hall–Kier alpha value is -2.61. The van der Waals surface area contributed by atoms with Crippen molar-refractivity contribution in [3.05, 3.63) is 70.2 Å². The number of hydrogen-bond donors (Lipinski definition) is 0. The van der Waals surface area contributed by atoms with E-state index in [0.29, 0.717) is 24.5 Å². The van der Waals surface area contributed by atoms with E-state index in [-0.39, 0.29) is 6.29 Å². The first kappa shape index (κ1) is 23.7. The van der Waals surface area contributed by atoms with Crippen LogP contribution in [0.2, 0.25) is 5.02 Å². The van der Waals surface area contributed by atoms with Gasteiger partial charge in [-0.15, -0.1) is 5.06 Å². The minimum atomic E-state index is -0.911. The van der Waals surface area contributed by atoms with E-state index in [9.17, 15) is 9.59 Å². The Morgan fingerprint density at radius 3 is 2.60 bits per heavy atom. The highest BCUT2D eigenvalue weighted by molar-refractivity contribution is 6.30. The first-order chi connectivity index (χ1) is 14.6. The number of carbonyl (C=O) groups is 2. The number of hydrogen-bond acceptors (Lipinski definition) is 4. The summed E-state index contributed by atoms with van der Waals surface area (Å²) in [6, 6.07) is 15.4. The third-order valence-electron chi connectivity index (χ3n) is 4.56. The zero-order valence-corrected chi connectivity index (χ0v) is 18.2. The van der Waals surface area contributed by atoms with Gasteiger partial charge < -0.3 is 4.84 Å². The zero-order valence-electron chi connectivity index (χ0n) is 17.4. The summed E-state index contributed by atoms with van der Waals surface area (Å²) in [6.45, 7) is 3.02. The van der Waals surface area contributed by atoms with Gasteiger partial charge in [0.15, 0.2) is 0 Å². The lowest BCUT2D eigenvalue weighted by atomic mass is 10.1. The number of halogens is 1. The molecule has 0 N–H and O–H groups in total. The molecule has 158 valence electrons. The second-order valence-electron chi connectivity index (χ2n) is 7.08. The molecular formula is C25H28ClNO3. The molecule has 0 amide bonds. The van der Waals surface area contributed by atoms with Crippen molar-refractivity contribution in [2.24, 2.45) is 0 Å². The first-order valence-electron chi connectivity index (χ1n) is 10.3. The number of aldehydes is 1. The van der Waals surface area contributed by atoms with Gasteiger partial charge in [0.2, 0.25) is 6.29 Å². The van der Waals surface area contributed by atoms with E-state index in [1.807, 2.05) is 48.5 Å². The molecule has 0 saturated carbocycles. The van der Waals surface area contributed by atoms with Gasteiger partial charge >= 0.3 is 5.97 Å². The number of hydroxylamine groups is 2. The third-order valence-corrected chi connectivity index (χ3v) is 4.79. The van der Waals surface area contributed by atoms with E-state index in [4.69, 9.17) is 16.4 Å². The minimum absolute atomic E-state index is 0.172.